The van der Waals surface area contributed by atoms with E-state index in [0.717, 1.165) is 11.8 Å². The summed E-state index contributed by atoms with van der Waals surface area (Å²) >= 11 is 3.50. The molecular formula is C14H21Br. The van der Waals surface area contributed by atoms with Crippen molar-refractivity contribution in [3.05, 3.63) is 34.9 Å². The summed E-state index contributed by atoms with van der Waals surface area (Å²) in [6, 6.07) is 6.95. The predicted molar refractivity (Wildman–Crippen MR) is 72.1 cm³/mol. The fourth-order valence-electron chi connectivity index (χ4n) is 1.91. The number of rotatable bonds is 4. The van der Waals surface area contributed by atoms with Crippen molar-refractivity contribution in [2.24, 2.45) is 0 Å². The first-order chi connectivity index (χ1) is 7.06. The van der Waals surface area contributed by atoms with Gasteiger partial charge in [0, 0.05) is 5.33 Å². The third-order valence-electron chi connectivity index (χ3n) is 2.78. The van der Waals surface area contributed by atoms with E-state index in [-0.39, 0.29) is 0 Å². The van der Waals surface area contributed by atoms with Gasteiger partial charge in [-0.25, -0.2) is 0 Å². The SMILES string of the molecule is CC(C)c1ccc(CCBr)cc1C(C)C. The van der Waals surface area contributed by atoms with Gasteiger partial charge in [0.1, 0.15) is 0 Å². The number of benzene rings is 1. The molecule has 0 saturated heterocycles. The molecule has 0 saturated carbocycles. The minimum absolute atomic E-state index is 0.623. The van der Waals surface area contributed by atoms with E-state index in [4.69, 9.17) is 0 Å². The van der Waals surface area contributed by atoms with E-state index in [0.29, 0.717) is 11.8 Å². The molecule has 0 amide bonds. The topological polar surface area (TPSA) is 0 Å². The van der Waals surface area contributed by atoms with Gasteiger partial charge in [-0.2, -0.15) is 0 Å². The molecule has 1 aromatic carbocycles. The molecule has 0 atom stereocenters. The monoisotopic (exact) mass is 268 g/mol. The van der Waals surface area contributed by atoms with E-state index in [1.54, 1.807) is 0 Å². The summed E-state index contributed by atoms with van der Waals surface area (Å²) in [5.41, 5.74) is 4.46. The summed E-state index contributed by atoms with van der Waals surface area (Å²) in [7, 11) is 0. The van der Waals surface area contributed by atoms with E-state index in [1.807, 2.05) is 0 Å². The van der Waals surface area contributed by atoms with Crippen LogP contribution in [0.3, 0.4) is 0 Å². The second kappa shape index (κ2) is 5.69. The first kappa shape index (κ1) is 12.8. The van der Waals surface area contributed by atoms with Crippen molar-refractivity contribution in [1.29, 1.82) is 0 Å². The van der Waals surface area contributed by atoms with Crippen LogP contribution >= 0.6 is 15.9 Å². The second-order valence-corrected chi connectivity index (χ2v) is 5.50. The zero-order valence-corrected chi connectivity index (χ0v) is 11.8. The van der Waals surface area contributed by atoms with Crippen LogP contribution in [0, 0.1) is 0 Å². The number of alkyl halides is 1. The maximum atomic E-state index is 3.50. The van der Waals surface area contributed by atoms with E-state index in [2.05, 4.69) is 61.8 Å². The Morgan fingerprint density at radius 3 is 2.07 bits per heavy atom. The van der Waals surface area contributed by atoms with Crippen molar-refractivity contribution < 1.29 is 0 Å². The average Bonchev–Trinajstić information content (AvgIpc) is 2.17. The third kappa shape index (κ3) is 3.34. The van der Waals surface area contributed by atoms with Crippen molar-refractivity contribution >= 4 is 15.9 Å². The minimum Gasteiger partial charge on any atom is -0.0924 e. The van der Waals surface area contributed by atoms with Gasteiger partial charge in [-0.3, -0.25) is 0 Å². The van der Waals surface area contributed by atoms with Crippen molar-refractivity contribution in [3.8, 4) is 0 Å². The summed E-state index contributed by atoms with van der Waals surface area (Å²) in [5.74, 6) is 1.25. The minimum atomic E-state index is 0.623. The highest BCUT2D eigenvalue weighted by atomic mass is 79.9. The zero-order valence-electron chi connectivity index (χ0n) is 10.2. The second-order valence-electron chi connectivity index (χ2n) is 4.71. The normalized spacial score (nSPS) is 11.4. The first-order valence-corrected chi connectivity index (χ1v) is 6.87. The molecule has 0 heterocycles. The maximum absolute atomic E-state index is 3.50. The molecule has 0 aliphatic heterocycles. The van der Waals surface area contributed by atoms with Crippen molar-refractivity contribution in [1.82, 2.24) is 0 Å². The molecule has 0 aromatic heterocycles. The first-order valence-electron chi connectivity index (χ1n) is 5.75. The molecule has 0 aliphatic carbocycles. The smallest absolute Gasteiger partial charge is 0.00718 e. The Balaban J connectivity index is 3.09. The Bertz CT molecular complexity index is 313. The van der Waals surface area contributed by atoms with Crippen molar-refractivity contribution in [2.75, 3.05) is 5.33 Å². The van der Waals surface area contributed by atoms with Crippen LogP contribution in [0.25, 0.3) is 0 Å². The van der Waals surface area contributed by atoms with Gasteiger partial charge in [0.2, 0.25) is 0 Å². The summed E-state index contributed by atoms with van der Waals surface area (Å²) in [4.78, 5) is 0. The predicted octanol–water partition coefficient (Wildman–Crippen LogP) is 4.87. The summed E-state index contributed by atoms with van der Waals surface area (Å²) in [5, 5.41) is 1.05. The molecule has 0 unspecified atom stereocenters. The Hall–Kier alpha value is -0.300. The van der Waals surface area contributed by atoms with Gasteiger partial charge >= 0.3 is 0 Å². The highest BCUT2D eigenvalue weighted by Crippen LogP contribution is 2.27. The standard InChI is InChI=1S/C14H21Br/c1-10(2)13-6-5-12(7-8-15)9-14(13)11(3)4/h5-6,9-11H,7-8H2,1-4H3. The highest BCUT2D eigenvalue weighted by molar-refractivity contribution is 9.09. The lowest BCUT2D eigenvalue weighted by Gasteiger charge is -2.17. The molecule has 84 valence electrons. The average molecular weight is 269 g/mol. The molecule has 0 spiro atoms. The van der Waals surface area contributed by atoms with Crippen LogP contribution in [0.1, 0.15) is 56.2 Å². The molecule has 0 aliphatic rings. The van der Waals surface area contributed by atoms with E-state index < -0.39 is 0 Å². The Morgan fingerprint density at radius 2 is 1.60 bits per heavy atom. The Labute approximate surface area is 102 Å². The van der Waals surface area contributed by atoms with Gasteiger partial charge in [-0.05, 0) is 34.9 Å². The van der Waals surface area contributed by atoms with Crippen LogP contribution in [0.5, 0.6) is 0 Å². The summed E-state index contributed by atoms with van der Waals surface area (Å²) in [6.45, 7) is 9.09. The molecule has 1 aromatic rings. The lowest BCUT2D eigenvalue weighted by molar-refractivity contribution is 0.787. The summed E-state index contributed by atoms with van der Waals surface area (Å²) in [6.07, 6.45) is 1.12. The van der Waals surface area contributed by atoms with Gasteiger partial charge in [0.05, 0.1) is 0 Å². The van der Waals surface area contributed by atoms with Crippen LogP contribution in [-0.2, 0) is 6.42 Å². The van der Waals surface area contributed by atoms with Crippen LogP contribution in [-0.4, -0.2) is 5.33 Å². The zero-order chi connectivity index (χ0) is 11.4. The lowest BCUT2D eigenvalue weighted by Crippen LogP contribution is -2.00. The Kier molecular flexibility index (Phi) is 4.85. The van der Waals surface area contributed by atoms with Gasteiger partial charge in [-0.1, -0.05) is 61.8 Å². The molecule has 0 fully saturated rings. The molecule has 1 rings (SSSR count). The number of hydrogen-bond acceptors (Lipinski definition) is 0. The van der Waals surface area contributed by atoms with Crippen molar-refractivity contribution in [3.63, 3.8) is 0 Å². The number of aryl methyl sites for hydroxylation is 1. The molecule has 0 N–H and O–H groups in total. The summed E-state index contributed by atoms with van der Waals surface area (Å²) < 4.78 is 0. The molecule has 0 bridgehead atoms. The molecular weight excluding hydrogens is 248 g/mol. The van der Waals surface area contributed by atoms with Crippen LogP contribution in [0.4, 0.5) is 0 Å². The van der Waals surface area contributed by atoms with Crippen molar-refractivity contribution in [2.45, 2.75) is 46.0 Å². The van der Waals surface area contributed by atoms with Crippen LogP contribution in [0.15, 0.2) is 18.2 Å². The van der Waals surface area contributed by atoms with Gasteiger partial charge in [-0.15, -0.1) is 0 Å². The lowest BCUT2D eigenvalue weighted by atomic mass is 9.89. The molecule has 1 heteroatoms. The molecule has 0 nitrogen and oxygen atoms in total. The van der Waals surface area contributed by atoms with Crippen LogP contribution < -0.4 is 0 Å². The van der Waals surface area contributed by atoms with E-state index >= 15 is 0 Å². The van der Waals surface area contributed by atoms with E-state index in [9.17, 15) is 0 Å². The fourth-order valence-corrected chi connectivity index (χ4v) is 2.37. The largest absolute Gasteiger partial charge is 0.0924 e. The van der Waals surface area contributed by atoms with Gasteiger partial charge in [0.15, 0.2) is 0 Å². The number of hydrogen-bond donors (Lipinski definition) is 0. The van der Waals surface area contributed by atoms with Crippen LogP contribution in [0.2, 0.25) is 0 Å². The number of halogens is 1. The Morgan fingerprint density at radius 1 is 1.00 bits per heavy atom. The molecule has 0 radical (unpaired) electrons. The maximum Gasteiger partial charge on any atom is 0.00718 e. The van der Waals surface area contributed by atoms with Gasteiger partial charge < -0.3 is 0 Å². The highest BCUT2D eigenvalue weighted by Gasteiger charge is 2.10. The van der Waals surface area contributed by atoms with Gasteiger partial charge in [0.25, 0.3) is 0 Å². The third-order valence-corrected chi connectivity index (χ3v) is 3.17. The molecule has 15 heavy (non-hydrogen) atoms. The quantitative estimate of drug-likeness (QED) is 0.684. The van der Waals surface area contributed by atoms with E-state index in [1.165, 1.54) is 16.7 Å². The fraction of sp³-hybridized carbons (Fsp3) is 0.571.